The Balaban J connectivity index is 2.11. The number of carbonyl (C=O) groups is 1. The van der Waals surface area contributed by atoms with Crippen molar-refractivity contribution in [2.24, 2.45) is 0 Å². The first-order valence-corrected chi connectivity index (χ1v) is 8.83. The van der Waals surface area contributed by atoms with Gasteiger partial charge in [-0.2, -0.15) is 0 Å². The lowest BCUT2D eigenvalue weighted by Crippen LogP contribution is -2.56. The van der Waals surface area contributed by atoms with E-state index >= 15 is 0 Å². The Labute approximate surface area is 134 Å². The number of unbranched alkanes of at least 4 members (excludes halogenated alkanes) is 9. The molecule has 0 heterocycles. The van der Waals surface area contributed by atoms with E-state index in [9.17, 15) is 20.1 Å². The summed E-state index contributed by atoms with van der Waals surface area (Å²) in [6.45, 7) is 2.22. The van der Waals surface area contributed by atoms with Crippen molar-refractivity contribution in [1.82, 2.24) is 0 Å². The van der Waals surface area contributed by atoms with E-state index < -0.39 is 23.6 Å². The smallest absolute Gasteiger partial charge is 0.186 e. The first kappa shape index (κ1) is 19.3. The largest absolute Gasteiger partial charge is 0.386 e. The van der Waals surface area contributed by atoms with E-state index in [-0.39, 0.29) is 6.42 Å². The molecule has 1 aliphatic carbocycles. The molecule has 0 saturated carbocycles. The minimum Gasteiger partial charge on any atom is -0.386 e. The molecular weight excluding hydrogens is 280 g/mol. The third-order valence-corrected chi connectivity index (χ3v) is 4.63. The first-order chi connectivity index (χ1) is 10.5. The second-order valence-electron chi connectivity index (χ2n) is 6.53. The van der Waals surface area contributed by atoms with Crippen molar-refractivity contribution in [2.45, 2.75) is 95.4 Å². The normalized spacial score (nSPS) is 28.3. The van der Waals surface area contributed by atoms with Gasteiger partial charge in [0.05, 0.1) is 0 Å². The van der Waals surface area contributed by atoms with Crippen LogP contribution in [-0.4, -0.2) is 38.9 Å². The molecule has 1 aliphatic rings. The monoisotopic (exact) mass is 312 g/mol. The Morgan fingerprint density at radius 1 is 0.955 bits per heavy atom. The van der Waals surface area contributed by atoms with Crippen molar-refractivity contribution in [2.75, 3.05) is 0 Å². The molecule has 4 heteroatoms. The number of carbonyl (C=O) groups excluding carboxylic acids is 1. The highest BCUT2D eigenvalue weighted by Gasteiger charge is 2.46. The van der Waals surface area contributed by atoms with Gasteiger partial charge in [0.15, 0.2) is 5.78 Å². The summed E-state index contributed by atoms with van der Waals surface area (Å²) in [6, 6.07) is 0. The van der Waals surface area contributed by atoms with Gasteiger partial charge >= 0.3 is 0 Å². The number of aliphatic hydroxyl groups excluding tert-OH is 2. The van der Waals surface area contributed by atoms with Crippen LogP contribution in [0, 0.1) is 0 Å². The zero-order chi connectivity index (χ0) is 16.4. The molecule has 128 valence electrons. The van der Waals surface area contributed by atoms with Gasteiger partial charge in [-0.15, -0.1) is 0 Å². The summed E-state index contributed by atoms with van der Waals surface area (Å²) in [5.74, 6) is -0.528. The van der Waals surface area contributed by atoms with E-state index in [1.54, 1.807) is 0 Å². The highest BCUT2D eigenvalue weighted by Crippen LogP contribution is 2.28. The van der Waals surface area contributed by atoms with Crippen LogP contribution in [0.4, 0.5) is 0 Å². The molecule has 0 aliphatic heterocycles. The van der Waals surface area contributed by atoms with Gasteiger partial charge in [0, 0.05) is 0 Å². The lowest BCUT2D eigenvalue weighted by atomic mass is 9.79. The molecule has 0 aromatic heterocycles. The summed E-state index contributed by atoms with van der Waals surface area (Å²) in [5, 5.41) is 29.9. The van der Waals surface area contributed by atoms with Gasteiger partial charge in [-0.25, -0.2) is 0 Å². The minimum absolute atomic E-state index is 0.252. The fraction of sp³-hybridized carbons (Fsp3) is 0.833. The molecule has 4 nitrogen and oxygen atoms in total. The van der Waals surface area contributed by atoms with Crippen molar-refractivity contribution in [3.8, 4) is 0 Å². The van der Waals surface area contributed by atoms with Crippen molar-refractivity contribution < 1.29 is 20.1 Å². The van der Waals surface area contributed by atoms with Gasteiger partial charge < -0.3 is 15.3 Å². The van der Waals surface area contributed by atoms with E-state index in [0.717, 1.165) is 18.9 Å². The van der Waals surface area contributed by atoms with Crippen LogP contribution in [0.15, 0.2) is 12.2 Å². The van der Waals surface area contributed by atoms with Crippen molar-refractivity contribution >= 4 is 5.78 Å². The number of aliphatic hydroxyl groups is 3. The Kier molecular flexibility index (Phi) is 8.91. The van der Waals surface area contributed by atoms with Gasteiger partial charge in [0.1, 0.15) is 17.8 Å². The molecule has 0 fully saturated rings. The Morgan fingerprint density at radius 2 is 1.45 bits per heavy atom. The molecule has 0 aromatic rings. The van der Waals surface area contributed by atoms with Crippen LogP contribution in [0.2, 0.25) is 0 Å². The van der Waals surface area contributed by atoms with Gasteiger partial charge in [-0.3, -0.25) is 4.79 Å². The SMILES string of the molecule is CCCCCCCCCCCC[C@]1(O)[C@@H](O)C=CC(=O)[C@@H]1O. The highest BCUT2D eigenvalue weighted by molar-refractivity contribution is 5.95. The molecule has 0 unspecified atom stereocenters. The third-order valence-electron chi connectivity index (χ3n) is 4.63. The van der Waals surface area contributed by atoms with Crippen LogP contribution in [0.25, 0.3) is 0 Å². The van der Waals surface area contributed by atoms with Gasteiger partial charge in [-0.05, 0) is 18.6 Å². The van der Waals surface area contributed by atoms with E-state index in [0.29, 0.717) is 6.42 Å². The maximum atomic E-state index is 11.4. The number of rotatable bonds is 11. The zero-order valence-electron chi connectivity index (χ0n) is 13.8. The Hall–Kier alpha value is -0.710. The Morgan fingerprint density at radius 3 is 2.00 bits per heavy atom. The maximum Gasteiger partial charge on any atom is 0.186 e. The van der Waals surface area contributed by atoms with Gasteiger partial charge in [0.25, 0.3) is 0 Å². The molecule has 0 aromatic carbocycles. The second kappa shape index (κ2) is 10.1. The summed E-state index contributed by atoms with van der Waals surface area (Å²) < 4.78 is 0. The van der Waals surface area contributed by atoms with Crippen molar-refractivity contribution in [3.05, 3.63) is 12.2 Å². The summed E-state index contributed by atoms with van der Waals surface area (Å²) in [4.78, 5) is 11.4. The van der Waals surface area contributed by atoms with Crippen LogP contribution < -0.4 is 0 Å². The van der Waals surface area contributed by atoms with Crippen molar-refractivity contribution in [1.29, 1.82) is 0 Å². The first-order valence-electron chi connectivity index (χ1n) is 8.83. The van der Waals surface area contributed by atoms with Crippen LogP contribution in [0.3, 0.4) is 0 Å². The summed E-state index contributed by atoms with van der Waals surface area (Å²) in [7, 11) is 0. The fourth-order valence-electron chi connectivity index (χ4n) is 3.03. The topological polar surface area (TPSA) is 77.8 Å². The van der Waals surface area contributed by atoms with Crippen LogP contribution in [0.1, 0.15) is 77.6 Å². The molecule has 3 N–H and O–H groups in total. The predicted molar refractivity (Wildman–Crippen MR) is 87.6 cm³/mol. The lowest BCUT2D eigenvalue weighted by molar-refractivity contribution is -0.160. The lowest BCUT2D eigenvalue weighted by Gasteiger charge is -2.37. The van der Waals surface area contributed by atoms with Gasteiger partial charge in [-0.1, -0.05) is 71.1 Å². The maximum absolute atomic E-state index is 11.4. The van der Waals surface area contributed by atoms with Crippen LogP contribution in [0.5, 0.6) is 0 Å². The molecular formula is C18H32O4. The molecule has 0 spiro atoms. The average Bonchev–Trinajstić information content (AvgIpc) is 2.51. The number of hydrogen-bond acceptors (Lipinski definition) is 4. The molecule has 22 heavy (non-hydrogen) atoms. The van der Waals surface area contributed by atoms with E-state index in [4.69, 9.17) is 0 Å². The van der Waals surface area contributed by atoms with Crippen LogP contribution >= 0.6 is 0 Å². The third kappa shape index (κ3) is 5.82. The molecule has 0 saturated heterocycles. The van der Waals surface area contributed by atoms with Crippen molar-refractivity contribution in [3.63, 3.8) is 0 Å². The van der Waals surface area contributed by atoms with E-state index in [1.807, 2.05) is 0 Å². The highest BCUT2D eigenvalue weighted by atomic mass is 16.4. The molecule has 0 amide bonds. The number of hydrogen-bond donors (Lipinski definition) is 3. The summed E-state index contributed by atoms with van der Waals surface area (Å²) in [6.07, 6.45) is 11.7. The quantitative estimate of drug-likeness (QED) is 0.513. The standard InChI is InChI=1S/C18H32O4/c1-2-3-4-5-6-7-8-9-10-11-14-18(22)16(20)13-12-15(19)17(18)21/h12-13,16-17,20-22H,2-11,14H2,1H3/t16-,17-,18-/m0/s1. The van der Waals surface area contributed by atoms with E-state index in [2.05, 4.69) is 6.92 Å². The zero-order valence-corrected chi connectivity index (χ0v) is 13.8. The average molecular weight is 312 g/mol. The molecule has 0 radical (unpaired) electrons. The summed E-state index contributed by atoms with van der Waals surface area (Å²) >= 11 is 0. The Bertz CT molecular complexity index is 353. The predicted octanol–water partition coefficient (Wildman–Crippen LogP) is 2.89. The van der Waals surface area contributed by atoms with E-state index in [1.165, 1.54) is 51.0 Å². The number of ketones is 1. The van der Waals surface area contributed by atoms with Gasteiger partial charge in [0.2, 0.25) is 0 Å². The van der Waals surface area contributed by atoms with Crippen LogP contribution in [-0.2, 0) is 4.79 Å². The fourth-order valence-corrected chi connectivity index (χ4v) is 3.03. The molecule has 1 rings (SSSR count). The second-order valence-corrected chi connectivity index (χ2v) is 6.53. The minimum atomic E-state index is -1.72. The molecule has 3 atom stereocenters. The summed E-state index contributed by atoms with van der Waals surface area (Å²) in [5.41, 5.74) is -1.72. The molecule has 0 bridgehead atoms.